The Morgan fingerprint density at radius 1 is 1.21 bits per heavy atom. The first-order valence-corrected chi connectivity index (χ1v) is 6.93. The number of nitrogens with zero attached hydrogens (tertiary/aromatic N) is 1. The van der Waals surface area contributed by atoms with Crippen LogP contribution in [0.25, 0.3) is 11.1 Å². The fourth-order valence-corrected chi connectivity index (χ4v) is 3.06. The number of nitriles is 1. The van der Waals surface area contributed by atoms with Crippen LogP contribution >= 0.6 is 23.8 Å². The van der Waals surface area contributed by atoms with Crippen LogP contribution in [0.15, 0.2) is 24.3 Å². The number of aryl methyl sites for hydroxylation is 1. The van der Waals surface area contributed by atoms with Gasteiger partial charge in [0.05, 0.1) is 5.56 Å². The molecule has 3 rings (SSSR count). The molecule has 1 aliphatic rings. The average Bonchev–Trinajstić information content (AvgIpc) is 2.86. The number of halogens is 1. The van der Waals surface area contributed by atoms with Gasteiger partial charge in [-0.05, 0) is 42.5 Å². The molecule has 94 valence electrons. The molecule has 0 unspecified atom stereocenters. The van der Waals surface area contributed by atoms with Gasteiger partial charge in [-0.3, -0.25) is 0 Å². The number of fused-ring (bicyclic) bond motifs is 1. The number of aromatic amines is 1. The first-order chi connectivity index (χ1) is 9.20. The fourth-order valence-electron chi connectivity index (χ4n) is 2.66. The van der Waals surface area contributed by atoms with Crippen molar-refractivity contribution in [2.75, 3.05) is 0 Å². The SMILES string of the molecule is N#Cc1c(-c2ccc(Cl)cc2)c2c([nH]c1=S)CCC2. The van der Waals surface area contributed by atoms with E-state index < -0.39 is 0 Å². The smallest absolute Gasteiger partial charge is 0.122 e. The minimum Gasteiger partial charge on any atom is -0.349 e. The highest BCUT2D eigenvalue weighted by Crippen LogP contribution is 2.34. The largest absolute Gasteiger partial charge is 0.349 e. The van der Waals surface area contributed by atoms with E-state index in [0.29, 0.717) is 15.2 Å². The first kappa shape index (κ1) is 12.4. The Labute approximate surface area is 121 Å². The van der Waals surface area contributed by atoms with E-state index in [1.807, 2.05) is 24.3 Å². The Morgan fingerprint density at radius 2 is 1.95 bits per heavy atom. The van der Waals surface area contributed by atoms with Crippen LogP contribution in [0.5, 0.6) is 0 Å². The van der Waals surface area contributed by atoms with E-state index >= 15 is 0 Å². The van der Waals surface area contributed by atoms with Gasteiger partial charge in [-0.15, -0.1) is 0 Å². The van der Waals surface area contributed by atoms with Crippen molar-refractivity contribution in [3.05, 3.63) is 50.7 Å². The molecule has 0 amide bonds. The number of hydrogen-bond donors (Lipinski definition) is 1. The van der Waals surface area contributed by atoms with E-state index in [2.05, 4.69) is 11.1 Å². The molecule has 0 fully saturated rings. The monoisotopic (exact) mass is 286 g/mol. The molecule has 1 heterocycles. The van der Waals surface area contributed by atoms with Gasteiger partial charge in [0.25, 0.3) is 0 Å². The van der Waals surface area contributed by atoms with Gasteiger partial charge in [-0.2, -0.15) is 5.26 Å². The van der Waals surface area contributed by atoms with Gasteiger partial charge in [-0.1, -0.05) is 36.0 Å². The molecule has 0 bridgehead atoms. The number of pyridine rings is 1. The van der Waals surface area contributed by atoms with Crippen molar-refractivity contribution < 1.29 is 0 Å². The van der Waals surface area contributed by atoms with E-state index in [4.69, 9.17) is 23.8 Å². The summed E-state index contributed by atoms with van der Waals surface area (Å²) in [6.07, 6.45) is 3.11. The lowest BCUT2D eigenvalue weighted by Gasteiger charge is -2.11. The zero-order valence-electron chi connectivity index (χ0n) is 10.2. The zero-order valence-corrected chi connectivity index (χ0v) is 11.7. The third-order valence-corrected chi connectivity index (χ3v) is 4.06. The molecule has 0 atom stereocenters. The molecule has 2 aromatic rings. The normalized spacial score (nSPS) is 13.1. The highest BCUT2D eigenvalue weighted by atomic mass is 35.5. The number of rotatable bonds is 1. The van der Waals surface area contributed by atoms with Crippen LogP contribution in [0.3, 0.4) is 0 Å². The second kappa shape index (κ2) is 4.80. The quantitative estimate of drug-likeness (QED) is 0.788. The predicted molar refractivity (Wildman–Crippen MR) is 78.8 cm³/mol. The third-order valence-electron chi connectivity index (χ3n) is 3.51. The van der Waals surface area contributed by atoms with Crippen molar-refractivity contribution >= 4 is 23.8 Å². The molecule has 0 saturated carbocycles. The molecule has 1 aromatic carbocycles. The summed E-state index contributed by atoms with van der Waals surface area (Å²) in [6.45, 7) is 0. The van der Waals surface area contributed by atoms with Crippen molar-refractivity contribution in [1.82, 2.24) is 4.98 Å². The van der Waals surface area contributed by atoms with E-state index in [9.17, 15) is 5.26 Å². The van der Waals surface area contributed by atoms with Crippen LogP contribution in [-0.2, 0) is 12.8 Å². The van der Waals surface area contributed by atoms with Crippen molar-refractivity contribution in [3.63, 3.8) is 0 Å². The van der Waals surface area contributed by atoms with Crippen LogP contribution < -0.4 is 0 Å². The lowest BCUT2D eigenvalue weighted by Crippen LogP contribution is -1.98. The summed E-state index contributed by atoms with van der Waals surface area (Å²) in [7, 11) is 0. The molecule has 1 aromatic heterocycles. The molecule has 4 heteroatoms. The van der Waals surface area contributed by atoms with Gasteiger partial charge in [-0.25, -0.2) is 0 Å². The van der Waals surface area contributed by atoms with Crippen LogP contribution in [0.1, 0.15) is 23.2 Å². The minimum absolute atomic E-state index is 0.535. The Balaban J connectivity index is 2.34. The number of nitrogens with one attached hydrogen (secondary N) is 1. The summed E-state index contributed by atoms with van der Waals surface area (Å²) in [6, 6.07) is 9.83. The Kier molecular flexibility index (Phi) is 3.14. The van der Waals surface area contributed by atoms with Crippen LogP contribution in [-0.4, -0.2) is 4.98 Å². The zero-order chi connectivity index (χ0) is 13.4. The molecule has 1 aliphatic carbocycles. The lowest BCUT2D eigenvalue weighted by molar-refractivity contribution is 0.899. The molecule has 19 heavy (non-hydrogen) atoms. The fraction of sp³-hybridized carbons (Fsp3) is 0.200. The highest BCUT2D eigenvalue weighted by molar-refractivity contribution is 7.71. The number of H-pyrrole nitrogens is 1. The highest BCUT2D eigenvalue weighted by Gasteiger charge is 2.20. The number of hydrogen-bond acceptors (Lipinski definition) is 2. The molecule has 0 saturated heterocycles. The van der Waals surface area contributed by atoms with Gasteiger partial charge in [0.2, 0.25) is 0 Å². The summed E-state index contributed by atoms with van der Waals surface area (Å²) >= 11 is 11.2. The predicted octanol–water partition coefficient (Wildman–Crippen LogP) is 4.42. The maximum Gasteiger partial charge on any atom is 0.122 e. The van der Waals surface area contributed by atoms with Crippen LogP contribution in [0.2, 0.25) is 5.02 Å². The molecular weight excluding hydrogens is 276 g/mol. The molecule has 2 nitrogen and oxygen atoms in total. The van der Waals surface area contributed by atoms with Gasteiger partial charge >= 0.3 is 0 Å². The summed E-state index contributed by atoms with van der Waals surface area (Å²) in [5.74, 6) is 0. The van der Waals surface area contributed by atoms with Crippen molar-refractivity contribution in [2.45, 2.75) is 19.3 Å². The van der Waals surface area contributed by atoms with E-state index in [1.54, 1.807) is 0 Å². The molecule has 0 spiro atoms. The van der Waals surface area contributed by atoms with Crippen molar-refractivity contribution in [1.29, 1.82) is 5.26 Å². The van der Waals surface area contributed by atoms with Gasteiger partial charge in [0.15, 0.2) is 0 Å². The van der Waals surface area contributed by atoms with Gasteiger partial charge in [0.1, 0.15) is 10.7 Å². The average molecular weight is 287 g/mol. The second-order valence-electron chi connectivity index (χ2n) is 4.63. The molecular formula is C15H11ClN2S. The van der Waals surface area contributed by atoms with E-state index in [0.717, 1.165) is 30.4 Å². The number of aromatic nitrogens is 1. The van der Waals surface area contributed by atoms with Crippen LogP contribution in [0.4, 0.5) is 0 Å². The second-order valence-corrected chi connectivity index (χ2v) is 5.48. The van der Waals surface area contributed by atoms with Gasteiger partial charge < -0.3 is 4.98 Å². The van der Waals surface area contributed by atoms with E-state index in [1.165, 1.54) is 11.3 Å². The Morgan fingerprint density at radius 3 is 2.63 bits per heavy atom. The first-order valence-electron chi connectivity index (χ1n) is 6.15. The summed E-state index contributed by atoms with van der Waals surface area (Å²) in [5.41, 5.74) is 4.97. The van der Waals surface area contributed by atoms with Gasteiger partial charge in [0, 0.05) is 16.3 Å². The molecule has 1 N–H and O–H groups in total. The number of benzene rings is 1. The summed E-state index contributed by atoms with van der Waals surface area (Å²) in [5, 5.41) is 10.1. The molecule has 0 radical (unpaired) electrons. The van der Waals surface area contributed by atoms with Crippen LogP contribution in [0, 0.1) is 16.0 Å². The molecule has 0 aliphatic heterocycles. The summed E-state index contributed by atoms with van der Waals surface area (Å²) in [4.78, 5) is 3.20. The maximum atomic E-state index is 9.38. The third kappa shape index (κ3) is 2.07. The Hall–Kier alpha value is -1.63. The van der Waals surface area contributed by atoms with Crippen molar-refractivity contribution in [3.8, 4) is 17.2 Å². The minimum atomic E-state index is 0.535. The lowest BCUT2D eigenvalue weighted by atomic mass is 9.95. The Bertz CT molecular complexity index is 738. The summed E-state index contributed by atoms with van der Waals surface area (Å²) < 4.78 is 0.535. The maximum absolute atomic E-state index is 9.38. The van der Waals surface area contributed by atoms with E-state index in [-0.39, 0.29) is 0 Å². The topological polar surface area (TPSA) is 39.6 Å². The van der Waals surface area contributed by atoms with Crippen molar-refractivity contribution in [2.24, 2.45) is 0 Å². The standard InChI is InChI=1S/C15H11ClN2S/c16-10-6-4-9(5-7-10)14-11-2-1-3-13(11)18-15(19)12(14)8-17/h4-7H,1-3H2,(H,18,19).